The molecule has 0 spiro atoms. The van der Waals surface area contributed by atoms with Crippen molar-refractivity contribution in [2.75, 3.05) is 6.61 Å². The van der Waals surface area contributed by atoms with Crippen LogP contribution >= 0.6 is 15.9 Å². The van der Waals surface area contributed by atoms with E-state index in [9.17, 15) is 14.9 Å². The maximum absolute atomic E-state index is 11.0. The number of aliphatic carboxylic acids is 1. The van der Waals surface area contributed by atoms with Crippen LogP contribution in [0.3, 0.4) is 0 Å². The van der Waals surface area contributed by atoms with Gasteiger partial charge in [-0.05, 0) is 37.8 Å². The van der Waals surface area contributed by atoms with Crippen LogP contribution in [0.15, 0.2) is 16.6 Å². The van der Waals surface area contributed by atoms with Crippen molar-refractivity contribution in [2.45, 2.75) is 32.6 Å². The molecule has 1 aromatic carbocycles. The van der Waals surface area contributed by atoms with E-state index in [0.29, 0.717) is 29.5 Å². The number of nitro benzene ring substituents is 1. The lowest BCUT2D eigenvalue weighted by atomic mass is 10.2. The summed E-state index contributed by atoms with van der Waals surface area (Å²) in [6.45, 7) is 2.08. The van der Waals surface area contributed by atoms with Crippen molar-refractivity contribution in [1.29, 1.82) is 0 Å². The summed E-state index contributed by atoms with van der Waals surface area (Å²) in [5, 5.41) is 19.5. The fourth-order valence-electron chi connectivity index (χ4n) is 1.76. The Kier molecular flexibility index (Phi) is 6.44. The average Bonchev–Trinajstić information content (AvgIpc) is 2.34. The second-order valence-electron chi connectivity index (χ2n) is 4.38. The molecule has 0 saturated heterocycles. The highest BCUT2D eigenvalue weighted by Gasteiger charge is 2.18. The van der Waals surface area contributed by atoms with Crippen molar-refractivity contribution in [2.24, 2.45) is 0 Å². The number of carbonyl (C=O) groups is 1. The summed E-state index contributed by atoms with van der Waals surface area (Å²) in [4.78, 5) is 20.8. The molecule has 0 aliphatic heterocycles. The molecule has 0 unspecified atom stereocenters. The molecule has 0 aromatic heterocycles. The molecular weight excluding hydrogens is 330 g/mol. The zero-order valence-corrected chi connectivity index (χ0v) is 12.7. The quantitative estimate of drug-likeness (QED) is 0.440. The molecule has 1 N–H and O–H groups in total. The number of ether oxygens (including phenoxy) is 1. The van der Waals surface area contributed by atoms with Gasteiger partial charge in [-0.2, -0.15) is 0 Å². The molecule has 0 atom stereocenters. The van der Waals surface area contributed by atoms with Gasteiger partial charge in [0.1, 0.15) is 0 Å². The minimum Gasteiger partial charge on any atom is -0.487 e. The van der Waals surface area contributed by atoms with Crippen LogP contribution in [0.5, 0.6) is 5.75 Å². The third kappa shape index (κ3) is 5.16. The highest BCUT2D eigenvalue weighted by atomic mass is 79.9. The number of hydrogen-bond acceptors (Lipinski definition) is 4. The summed E-state index contributed by atoms with van der Waals surface area (Å²) in [6.07, 6.45) is 2.10. The first-order valence-corrected chi connectivity index (χ1v) is 7.00. The van der Waals surface area contributed by atoms with E-state index in [-0.39, 0.29) is 17.9 Å². The van der Waals surface area contributed by atoms with E-state index < -0.39 is 10.9 Å². The third-order valence-electron chi connectivity index (χ3n) is 2.70. The van der Waals surface area contributed by atoms with Crippen LogP contribution in [-0.2, 0) is 4.79 Å². The van der Waals surface area contributed by atoms with Crippen molar-refractivity contribution < 1.29 is 19.6 Å². The number of rotatable bonds is 8. The van der Waals surface area contributed by atoms with Crippen LogP contribution in [-0.4, -0.2) is 22.6 Å². The predicted molar refractivity (Wildman–Crippen MR) is 77.1 cm³/mol. The molecule has 110 valence electrons. The minimum atomic E-state index is -0.815. The molecule has 0 aliphatic rings. The van der Waals surface area contributed by atoms with E-state index in [0.717, 1.165) is 6.42 Å². The highest BCUT2D eigenvalue weighted by molar-refractivity contribution is 9.10. The first-order valence-electron chi connectivity index (χ1n) is 6.21. The molecule has 0 aliphatic carbocycles. The van der Waals surface area contributed by atoms with Gasteiger partial charge in [0, 0.05) is 17.0 Å². The summed E-state index contributed by atoms with van der Waals surface area (Å²) in [5.41, 5.74) is 0.624. The fraction of sp³-hybridized carbons (Fsp3) is 0.462. The van der Waals surface area contributed by atoms with E-state index in [1.165, 1.54) is 6.07 Å². The highest BCUT2D eigenvalue weighted by Crippen LogP contribution is 2.34. The van der Waals surface area contributed by atoms with Gasteiger partial charge in [-0.3, -0.25) is 14.9 Å². The Hall–Kier alpha value is -1.63. The molecule has 0 amide bonds. The zero-order valence-electron chi connectivity index (χ0n) is 11.1. The van der Waals surface area contributed by atoms with Gasteiger partial charge < -0.3 is 9.84 Å². The maximum Gasteiger partial charge on any atom is 0.312 e. The van der Waals surface area contributed by atoms with E-state index in [4.69, 9.17) is 9.84 Å². The summed E-state index contributed by atoms with van der Waals surface area (Å²) >= 11 is 3.22. The van der Waals surface area contributed by atoms with Gasteiger partial charge >= 0.3 is 11.7 Å². The van der Waals surface area contributed by atoms with Crippen LogP contribution < -0.4 is 4.74 Å². The van der Waals surface area contributed by atoms with Crippen LogP contribution in [0.1, 0.15) is 31.2 Å². The lowest BCUT2D eigenvalue weighted by Crippen LogP contribution is -2.03. The minimum absolute atomic E-state index is 0.0672. The lowest BCUT2D eigenvalue weighted by molar-refractivity contribution is -0.386. The smallest absolute Gasteiger partial charge is 0.312 e. The number of carboxylic acids is 1. The number of benzene rings is 1. The van der Waals surface area contributed by atoms with E-state index in [1.54, 1.807) is 13.0 Å². The molecule has 0 fully saturated rings. The number of halogens is 1. The standard InChI is InChI=1S/C13H16BrNO5/c1-9-7-10(14)8-11(15(18)19)13(9)20-6-4-2-3-5-12(16)17/h7-8H,2-6H2,1H3,(H,16,17). The number of nitrogens with zero attached hydrogens (tertiary/aromatic N) is 1. The van der Waals surface area contributed by atoms with Crippen molar-refractivity contribution in [3.05, 3.63) is 32.3 Å². The molecule has 20 heavy (non-hydrogen) atoms. The zero-order chi connectivity index (χ0) is 15.1. The Bertz CT molecular complexity index is 504. The second kappa shape index (κ2) is 7.84. The fourth-order valence-corrected chi connectivity index (χ4v) is 2.33. The predicted octanol–water partition coefficient (Wildman–Crippen LogP) is 3.69. The van der Waals surface area contributed by atoms with Crippen molar-refractivity contribution >= 4 is 27.6 Å². The Morgan fingerprint density at radius 2 is 2.10 bits per heavy atom. The third-order valence-corrected chi connectivity index (χ3v) is 3.16. The van der Waals surface area contributed by atoms with Gasteiger partial charge in [-0.25, -0.2) is 0 Å². The van der Waals surface area contributed by atoms with Crippen molar-refractivity contribution in [3.8, 4) is 5.75 Å². The molecule has 0 bridgehead atoms. The SMILES string of the molecule is Cc1cc(Br)cc([N+](=O)[O-])c1OCCCCCC(=O)O. The van der Waals surface area contributed by atoms with Crippen LogP contribution in [0.2, 0.25) is 0 Å². The molecule has 0 saturated carbocycles. The van der Waals surface area contributed by atoms with Gasteiger partial charge in [0.15, 0.2) is 5.75 Å². The maximum atomic E-state index is 11.0. The Balaban J connectivity index is 2.55. The average molecular weight is 346 g/mol. The number of hydrogen-bond donors (Lipinski definition) is 1. The monoisotopic (exact) mass is 345 g/mol. The summed E-state index contributed by atoms with van der Waals surface area (Å²) in [6, 6.07) is 3.17. The number of carboxylic acid groups (broad SMARTS) is 1. The Morgan fingerprint density at radius 3 is 2.70 bits per heavy atom. The molecule has 0 radical (unpaired) electrons. The number of nitro groups is 1. The van der Waals surface area contributed by atoms with E-state index >= 15 is 0 Å². The van der Waals surface area contributed by atoms with Crippen molar-refractivity contribution in [1.82, 2.24) is 0 Å². The van der Waals surface area contributed by atoms with Gasteiger partial charge in [0.2, 0.25) is 0 Å². The van der Waals surface area contributed by atoms with Gasteiger partial charge in [-0.1, -0.05) is 15.9 Å². The summed E-state index contributed by atoms with van der Waals surface area (Å²) in [7, 11) is 0. The molecule has 6 nitrogen and oxygen atoms in total. The first kappa shape index (κ1) is 16.4. The molecule has 1 aromatic rings. The summed E-state index contributed by atoms with van der Waals surface area (Å²) < 4.78 is 6.12. The largest absolute Gasteiger partial charge is 0.487 e. The molecular formula is C13H16BrNO5. The first-order chi connectivity index (χ1) is 9.41. The van der Waals surface area contributed by atoms with Crippen LogP contribution in [0.4, 0.5) is 5.69 Å². The number of unbranched alkanes of at least 4 members (excludes halogenated alkanes) is 2. The van der Waals surface area contributed by atoms with Gasteiger partial charge in [0.25, 0.3) is 0 Å². The van der Waals surface area contributed by atoms with Gasteiger partial charge in [-0.15, -0.1) is 0 Å². The van der Waals surface area contributed by atoms with E-state index in [2.05, 4.69) is 15.9 Å². The summed E-state index contributed by atoms with van der Waals surface area (Å²) in [5.74, 6) is -0.540. The lowest BCUT2D eigenvalue weighted by Gasteiger charge is -2.10. The Labute approximate surface area is 125 Å². The topological polar surface area (TPSA) is 89.7 Å². The normalized spacial score (nSPS) is 10.3. The second-order valence-corrected chi connectivity index (χ2v) is 5.30. The molecule has 1 rings (SSSR count). The van der Waals surface area contributed by atoms with Gasteiger partial charge in [0.05, 0.1) is 11.5 Å². The van der Waals surface area contributed by atoms with Crippen LogP contribution in [0.25, 0.3) is 0 Å². The van der Waals surface area contributed by atoms with Crippen molar-refractivity contribution in [3.63, 3.8) is 0 Å². The number of aryl methyl sites for hydroxylation is 1. The molecule has 0 heterocycles. The van der Waals surface area contributed by atoms with Crippen LogP contribution in [0, 0.1) is 17.0 Å². The molecule has 7 heteroatoms. The van der Waals surface area contributed by atoms with E-state index in [1.807, 2.05) is 0 Å². The Morgan fingerprint density at radius 1 is 1.40 bits per heavy atom.